The highest BCUT2D eigenvalue weighted by Crippen LogP contribution is 2.31. The number of aryl methyl sites for hydroxylation is 1. The Hall–Kier alpha value is -3.67. The summed E-state index contributed by atoms with van der Waals surface area (Å²) < 4.78 is 5.81. The van der Waals surface area contributed by atoms with Gasteiger partial charge in [-0.3, -0.25) is 14.6 Å². The highest BCUT2D eigenvalue weighted by molar-refractivity contribution is 5.99. The Morgan fingerprint density at radius 3 is 2.68 bits per heavy atom. The summed E-state index contributed by atoms with van der Waals surface area (Å²) in [5.41, 5.74) is 1.83. The maximum atomic E-state index is 12.9. The number of carbonyl (C=O) groups excluding carboxylic acids is 2. The number of carbonyl (C=O) groups is 2. The molecule has 2 aliphatic rings. The first-order valence-electron chi connectivity index (χ1n) is 10.1. The molecule has 0 aliphatic carbocycles. The molecule has 4 rings (SSSR count). The second-order valence-electron chi connectivity index (χ2n) is 8.03. The van der Waals surface area contributed by atoms with Crippen LogP contribution < -0.4 is 14.5 Å². The van der Waals surface area contributed by atoms with Crippen molar-refractivity contribution in [2.45, 2.75) is 19.4 Å². The van der Waals surface area contributed by atoms with Crippen LogP contribution in [0.2, 0.25) is 0 Å². The fourth-order valence-corrected chi connectivity index (χ4v) is 3.81. The van der Waals surface area contributed by atoms with Gasteiger partial charge in [0.15, 0.2) is 6.10 Å². The maximum Gasteiger partial charge on any atom is 0.268 e. The van der Waals surface area contributed by atoms with Crippen LogP contribution in [0.1, 0.15) is 17.7 Å². The van der Waals surface area contributed by atoms with Gasteiger partial charge in [0, 0.05) is 45.8 Å². The second-order valence-corrected chi connectivity index (χ2v) is 8.03. The molecule has 0 N–H and O–H groups in total. The van der Waals surface area contributed by atoms with Gasteiger partial charge >= 0.3 is 0 Å². The maximum absolute atomic E-state index is 12.9. The molecule has 2 aromatic heterocycles. The lowest BCUT2D eigenvalue weighted by Crippen LogP contribution is -2.54. The highest BCUT2D eigenvalue weighted by Gasteiger charge is 2.37. The Balaban J connectivity index is 1.45. The van der Waals surface area contributed by atoms with E-state index in [1.165, 1.54) is 0 Å². The highest BCUT2D eigenvalue weighted by atomic mass is 16.5. The minimum atomic E-state index is -0.595. The van der Waals surface area contributed by atoms with E-state index in [0.29, 0.717) is 48.9 Å². The monoisotopic (exact) mass is 420 g/mol. The van der Waals surface area contributed by atoms with Crippen LogP contribution in [0.4, 0.5) is 11.5 Å². The molecule has 2 aliphatic heterocycles. The third-order valence-corrected chi connectivity index (χ3v) is 5.57. The Bertz CT molecular complexity index is 1040. The number of anilines is 2. The molecule has 0 radical (unpaired) electrons. The van der Waals surface area contributed by atoms with Gasteiger partial charge in [-0.25, -0.2) is 4.98 Å². The molecule has 31 heavy (non-hydrogen) atoms. The van der Waals surface area contributed by atoms with Gasteiger partial charge in [0.25, 0.3) is 5.91 Å². The van der Waals surface area contributed by atoms with Gasteiger partial charge in [-0.2, -0.15) is 5.26 Å². The van der Waals surface area contributed by atoms with Crippen LogP contribution in [-0.2, 0) is 9.59 Å². The Kier molecular flexibility index (Phi) is 5.46. The predicted molar refractivity (Wildman–Crippen MR) is 114 cm³/mol. The Labute approximate surface area is 180 Å². The second kappa shape index (κ2) is 8.22. The summed E-state index contributed by atoms with van der Waals surface area (Å²) in [6.45, 7) is 3.43. The lowest BCUT2D eigenvalue weighted by atomic mass is 9.98. The average molecular weight is 420 g/mol. The molecule has 2 aromatic rings. The van der Waals surface area contributed by atoms with Gasteiger partial charge in [-0.1, -0.05) is 0 Å². The Morgan fingerprint density at radius 2 is 2.03 bits per heavy atom. The summed E-state index contributed by atoms with van der Waals surface area (Å²) in [7, 11) is 3.47. The van der Waals surface area contributed by atoms with E-state index in [9.17, 15) is 14.9 Å². The van der Waals surface area contributed by atoms with Gasteiger partial charge < -0.3 is 19.4 Å². The standard InChI is InChI=1S/C22H24N6O3/c1-14-4-5-18(11-24-14)31-19-6-7-28(22(19)30)17-8-15(9-23)20(25-10-17)27-12-16(13-27)21(29)26(2)3/h4-5,8,10-11,16,19H,6-7,12-13H2,1-3H3/t19-/m1/s1. The van der Waals surface area contributed by atoms with E-state index in [1.807, 2.05) is 17.9 Å². The number of rotatable bonds is 5. The smallest absolute Gasteiger partial charge is 0.268 e. The number of hydrogen-bond donors (Lipinski definition) is 0. The Morgan fingerprint density at radius 1 is 1.26 bits per heavy atom. The molecule has 0 aromatic carbocycles. The van der Waals surface area contributed by atoms with E-state index in [1.54, 1.807) is 48.4 Å². The predicted octanol–water partition coefficient (Wildman–Crippen LogP) is 1.37. The van der Waals surface area contributed by atoms with Crippen molar-refractivity contribution in [3.63, 3.8) is 0 Å². The van der Waals surface area contributed by atoms with Crippen LogP contribution in [0.15, 0.2) is 30.6 Å². The van der Waals surface area contributed by atoms with Gasteiger partial charge in [0.05, 0.1) is 29.6 Å². The van der Waals surface area contributed by atoms with E-state index in [0.717, 1.165) is 5.69 Å². The number of nitrogens with zero attached hydrogens (tertiary/aromatic N) is 6. The summed E-state index contributed by atoms with van der Waals surface area (Å²) >= 11 is 0. The third kappa shape index (κ3) is 4.01. The zero-order valence-electron chi connectivity index (χ0n) is 17.8. The first-order chi connectivity index (χ1) is 14.9. The average Bonchev–Trinajstić information content (AvgIpc) is 3.08. The zero-order chi connectivity index (χ0) is 22.1. The number of nitriles is 1. The molecule has 0 unspecified atom stereocenters. The molecule has 4 heterocycles. The van der Waals surface area contributed by atoms with Crippen molar-refractivity contribution >= 4 is 23.3 Å². The van der Waals surface area contributed by atoms with E-state index in [4.69, 9.17) is 4.74 Å². The minimum Gasteiger partial charge on any atom is -0.479 e. The number of hydrogen-bond acceptors (Lipinski definition) is 7. The van der Waals surface area contributed by atoms with Gasteiger partial charge in [-0.15, -0.1) is 0 Å². The quantitative estimate of drug-likeness (QED) is 0.720. The van der Waals surface area contributed by atoms with Gasteiger partial charge in [-0.05, 0) is 25.1 Å². The molecule has 160 valence electrons. The van der Waals surface area contributed by atoms with Crippen LogP contribution >= 0.6 is 0 Å². The fraction of sp³-hybridized carbons (Fsp3) is 0.409. The topological polar surface area (TPSA) is 103 Å². The van der Waals surface area contributed by atoms with Crippen LogP contribution in [-0.4, -0.2) is 66.5 Å². The molecule has 9 heteroatoms. The third-order valence-electron chi connectivity index (χ3n) is 5.57. The molecule has 2 amide bonds. The molecule has 2 saturated heterocycles. The van der Waals surface area contributed by atoms with Crippen LogP contribution in [0.3, 0.4) is 0 Å². The number of ether oxygens (including phenoxy) is 1. The first-order valence-corrected chi connectivity index (χ1v) is 10.1. The van der Waals surface area contributed by atoms with Gasteiger partial charge in [0.1, 0.15) is 17.6 Å². The van der Waals surface area contributed by atoms with Crippen LogP contribution in [0.25, 0.3) is 0 Å². The summed E-state index contributed by atoms with van der Waals surface area (Å²) in [6.07, 6.45) is 3.15. The minimum absolute atomic E-state index is 0.0730. The molecule has 0 saturated carbocycles. The molecular weight excluding hydrogens is 396 g/mol. The van der Waals surface area contributed by atoms with Crippen LogP contribution in [0.5, 0.6) is 5.75 Å². The van der Waals surface area contributed by atoms with Crippen molar-refractivity contribution < 1.29 is 14.3 Å². The van der Waals surface area contributed by atoms with Crippen molar-refractivity contribution in [1.82, 2.24) is 14.9 Å². The molecule has 0 spiro atoms. The largest absolute Gasteiger partial charge is 0.479 e. The van der Waals surface area contributed by atoms with Crippen molar-refractivity contribution in [2.24, 2.45) is 5.92 Å². The molecule has 1 atom stereocenters. The summed E-state index contributed by atoms with van der Waals surface area (Å²) in [5, 5.41) is 9.63. The number of aromatic nitrogens is 2. The van der Waals surface area contributed by atoms with E-state index >= 15 is 0 Å². The van der Waals surface area contributed by atoms with E-state index in [-0.39, 0.29) is 17.7 Å². The molecule has 0 bridgehead atoms. The SMILES string of the molecule is Cc1ccc(O[C@@H]2CCN(c3cnc(N4CC(C(=O)N(C)C)C4)c(C#N)c3)C2=O)cn1. The lowest BCUT2D eigenvalue weighted by molar-refractivity contribution is -0.133. The van der Waals surface area contributed by atoms with E-state index < -0.39 is 6.10 Å². The molecule has 9 nitrogen and oxygen atoms in total. The fourth-order valence-electron chi connectivity index (χ4n) is 3.81. The van der Waals surface area contributed by atoms with E-state index in [2.05, 4.69) is 16.0 Å². The molecular formula is C22H24N6O3. The summed E-state index contributed by atoms with van der Waals surface area (Å²) in [5.74, 6) is 0.914. The first kappa shape index (κ1) is 20.6. The van der Waals surface area contributed by atoms with Crippen molar-refractivity contribution in [2.75, 3.05) is 43.5 Å². The molecule has 2 fully saturated rings. The number of amides is 2. The summed E-state index contributed by atoms with van der Waals surface area (Å²) in [6, 6.07) is 7.48. The lowest BCUT2D eigenvalue weighted by Gasteiger charge is -2.40. The van der Waals surface area contributed by atoms with Gasteiger partial charge in [0.2, 0.25) is 5.91 Å². The van der Waals surface area contributed by atoms with Crippen LogP contribution in [0, 0.1) is 24.2 Å². The van der Waals surface area contributed by atoms with Crippen molar-refractivity contribution in [3.05, 3.63) is 41.9 Å². The van der Waals surface area contributed by atoms with Crippen molar-refractivity contribution in [1.29, 1.82) is 5.26 Å². The van der Waals surface area contributed by atoms with Crippen molar-refractivity contribution in [3.8, 4) is 11.8 Å². The normalized spacial score (nSPS) is 18.5. The zero-order valence-corrected chi connectivity index (χ0v) is 17.8. The number of pyridine rings is 2. The summed E-state index contributed by atoms with van der Waals surface area (Å²) in [4.78, 5) is 38.6.